The number of para-hydroxylation sites is 1. The number of carbonyl (C=O) groups is 1. The van der Waals surface area contributed by atoms with Gasteiger partial charge >= 0.3 is 0 Å². The number of rotatable bonds is 10. The number of allylic oxidation sites excluding steroid dienone is 1. The van der Waals surface area contributed by atoms with Crippen LogP contribution in [0.3, 0.4) is 0 Å². The summed E-state index contributed by atoms with van der Waals surface area (Å²) in [5.74, 6) is 2.65. The average molecular weight is 438 g/mol. The Morgan fingerprint density at radius 3 is 2.81 bits per heavy atom. The normalized spacial score (nSPS) is 11.9. The SMILES string of the molecule is C=CCn1c(CNc2ccccc2)nnc1SCCC(=O)Nc1ccc2c(c1)OCO2. The molecule has 9 heteroatoms. The van der Waals surface area contributed by atoms with Crippen molar-refractivity contribution in [2.24, 2.45) is 0 Å². The van der Waals surface area contributed by atoms with E-state index in [2.05, 4.69) is 27.4 Å². The van der Waals surface area contributed by atoms with Gasteiger partial charge in [-0.2, -0.15) is 0 Å². The van der Waals surface area contributed by atoms with Crippen LogP contribution in [0.1, 0.15) is 12.2 Å². The Morgan fingerprint density at radius 1 is 1.13 bits per heavy atom. The summed E-state index contributed by atoms with van der Waals surface area (Å²) in [6.45, 7) is 5.19. The van der Waals surface area contributed by atoms with E-state index in [1.807, 2.05) is 41.0 Å². The number of nitrogens with zero attached hydrogens (tertiary/aromatic N) is 3. The molecule has 0 spiro atoms. The zero-order chi connectivity index (χ0) is 21.5. The van der Waals surface area contributed by atoms with Gasteiger partial charge in [0, 0.05) is 36.2 Å². The standard InChI is InChI=1S/C22H23N5O3S/c1-2-11-27-20(14-23-16-6-4-3-5-7-16)25-26-22(27)31-12-10-21(28)24-17-8-9-18-19(13-17)30-15-29-18/h2-9,13,23H,1,10-12,14-15H2,(H,24,28). The molecule has 2 aromatic carbocycles. The van der Waals surface area contributed by atoms with Crippen molar-refractivity contribution in [2.75, 3.05) is 23.2 Å². The molecular formula is C22H23N5O3S. The maximum absolute atomic E-state index is 12.3. The number of carbonyl (C=O) groups excluding carboxylic acids is 1. The third kappa shape index (κ3) is 5.37. The zero-order valence-electron chi connectivity index (χ0n) is 16.9. The molecule has 1 aliphatic rings. The number of hydrogen-bond donors (Lipinski definition) is 2. The van der Waals surface area contributed by atoms with Crippen LogP contribution >= 0.6 is 11.8 Å². The van der Waals surface area contributed by atoms with Gasteiger partial charge in [0.2, 0.25) is 12.7 Å². The van der Waals surface area contributed by atoms with Crippen molar-refractivity contribution in [3.63, 3.8) is 0 Å². The lowest BCUT2D eigenvalue weighted by Gasteiger charge is -2.09. The number of nitrogens with one attached hydrogen (secondary N) is 2. The van der Waals surface area contributed by atoms with Gasteiger partial charge in [0.1, 0.15) is 0 Å². The van der Waals surface area contributed by atoms with E-state index >= 15 is 0 Å². The molecule has 0 atom stereocenters. The average Bonchev–Trinajstić information content (AvgIpc) is 3.40. The highest BCUT2D eigenvalue weighted by molar-refractivity contribution is 7.99. The molecule has 0 fully saturated rings. The highest BCUT2D eigenvalue weighted by atomic mass is 32.2. The molecule has 1 amide bonds. The number of fused-ring (bicyclic) bond motifs is 1. The van der Waals surface area contributed by atoms with E-state index in [9.17, 15) is 4.79 Å². The number of aromatic nitrogens is 3. The van der Waals surface area contributed by atoms with Gasteiger partial charge in [-0.3, -0.25) is 4.79 Å². The lowest BCUT2D eigenvalue weighted by atomic mass is 10.2. The number of amides is 1. The minimum absolute atomic E-state index is 0.0767. The zero-order valence-corrected chi connectivity index (χ0v) is 17.7. The van der Waals surface area contributed by atoms with E-state index < -0.39 is 0 Å². The van der Waals surface area contributed by atoms with Crippen LogP contribution in [0, 0.1) is 0 Å². The fraction of sp³-hybridized carbons (Fsp3) is 0.227. The smallest absolute Gasteiger partial charge is 0.231 e. The van der Waals surface area contributed by atoms with Gasteiger partial charge < -0.3 is 24.7 Å². The number of ether oxygens (including phenoxy) is 2. The Balaban J connectivity index is 1.30. The molecule has 1 aromatic heterocycles. The number of anilines is 2. The monoisotopic (exact) mass is 437 g/mol. The first kappa shape index (κ1) is 20.8. The fourth-order valence-corrected chi connectivity index (χ4v) is 3.94. The topological polar surface area (TPSA) is 90.3 Å². The van der Waals surface area contributed by atoms with E-state index in [0.29, 0.717) is 42.4 Å². The predicted molar refractivity (Wildman–Crippen MR) is 121 cm³/mol. The molecule has 8 nitrogen and oxygen atoms in total. The molecule has 160 valence electrons. The second kappa shape index (κ2) is 10.0. The van der Waals surface area contributed by atoms with E-state index in [1.54, 1.807) is 18.2 Å². The Hall–Kier alpha value is -3.46. The third-order valence-electron chi connectivity index (χ3n) is 4.55. The summed E-state index contributed by atoms with van der Waals surface area (Å²) in [4.78, 5) is 12.3. The second-order valence-electron chi connectivity index (χ2n) is 6.73. The summed E-state index contributed by atoms with van der Waals surface area (Å²) in [5, 5.41) is 15.6. The van der Waals surface area contributed by atoms with Crippen molar-refractivity contribution >= 4 is 29.0 Å². The van der Waals surface area contributed by atoms with E-state index in [4.69, 9.17) is 9.47 Å². The van der Waals surface area contributed by atoms with E-state index in [1.165, 1.54) is 11.8 Å². The quantitative estimate of drug-likeness (QED) is 0.367. The summed E-state index contributed by atoms with van der Waals surface area (Å²) >= 11 is 1.50. The van der Waals surface area contributed by atoms with Gasteiger partial charge in [-0.05, 0) is 24.3 Å². The first-order valence-corrected chi connectivity index (χ1v) is 10.9. The summed E-state index contributed by atoms with van der Waals surface area (Å²) in [7, 11) is 0. The van der Waals surface area contributed by atoms with Crippen LogP contribution in [0.4, 0.5) is 11.4 Å². The molecule has 0 unspecified atom stereocenters. The minimum atomic E-state index is -0.0767. The van der Waals surface area contributed by atoms with E-state index in [0.717, 1.165) is 16.7 Å². The van der Waals surface area contributed by atoms with Crippen LogP contribution in [-0.4, -0.2) is 33.2 Å². The maximum atomic E-state index is 12.3. The molecule has 0 saturated carbocycles. The first-order chi connectivity index (χ1) is 15.2. The molecule has 2 heterocycles. The van der Waals surface area contributed by atoms with Gasteiger partial charge in [0.25, 0.3) is 0 Å². The van der Waals surface area contributed by atoms with Crippen LogP contribution in [0.2, 0.25) is 0 Å². The van der Waals surface area contributed by atoms with Gasteiger partial charge in [-0.25, -0.2) is 0 Å². The highest BCUT2D eigenvalue weighted by Gasteiger charge is 2.15. The molecule has 0 bridgehead atoms. The lowest BCUT2D eigenvalue weighted by Crippen LogP contribution is -2.12. The highest BCUT2D eigenvalue weighted by Crippen LogP contribution is 2.34. The Morgan fingerprint density at radius 2 is 1.97 bits per heavy atom. The largest absolute Gasteiger partial charge is 0.454 e. The first-order valence-electron chi connectivity index (χ1n) is 9.87. The van der Waals surface area contributed by atoms with Gasteiger partial charge in [0.15, 0.2) is 22.5 Å². The lowest BCUT2D eigenvalue weighted by molar-refractivity contribution is -0.115. The number of thioether (sulfide) groups is 1. The molecule has 3 aromatic rings. The Bertz CT molecular complexity index is 1050. The summed E-state index contributed by atoms with van der Waals surface area (Å²) in [5.41, 5.74) is 1.70. The van der Waals surface area contributed by atoms with Crippen LogP contribution in [0.5, 0.6) is 11.5 Å². The molecular weight excluding hydrogens is 414 g/mol. The number of benzene rings is 2. The van der Waals surface area contributed by atoms with Crippen molar-refractivity contribution in [3.8, 4) is 11.5 Å². The maximum Gasteiger partial charge on any atom is 0.231 e. The molecule has 0 aliphatic carbocycles. The van der Waals surface area contributed by atoms with Crippen LogP contribution < -0.4 is 20.1 Å². The van der Waals surface area contributed by atoms with Crippen LogP contribution in [0.15, 0.2) is 66.3 Å². The van der Waals surface area contributed by atoms with Gasteiger partial charge in [0.05, 0.1) is 6.54 Å². The molecule has 0 radical (unpaired) electrons. The van der Waals surface area contributed by atoms with Crippen LogP contribution in [-0.2, 0) is 17.9 Å². The van der Waals surface area contributed by atoms with E-state index in [-0.39, 0.29) is 12.7 Å². The van der Waals surface area contributed by atoms with Gasteiger partial charge in [-0.15, -0.1) is 16.8 Å². The van der Waals surface area contributed by atoms with Crippen molar-refractivity contribution in [3.05, 3.63) is 67.0 Å². The predicted octanol–water partition coefficient (Wildman–Crippen LogP) is 3.93. The molecule has 1 aliphatic heterocycles. The minimum Gasteiger partial charge on any atom is -0.454 e. The van der Waals surface area contributed by atoms with Crippen molar-refractivity contribution in [2.45, 2.75) is 24.7 Å². The third-order valence-corrected chi connectivity index (χ3v) is 5.51. The van der Waals surface area contributed by atoms with Crippen LogP contribution in [0.25, 0.3) is 0 Å². The van der Waals surface area contributed by atoms with Crippen molar-refractivity contribution < 1.29 is 14.3 Å². The number of hydrogen-bond acceptors (Lipinski definition) is 7. The van der Waals surface area contributed by atoms with Gasteiger partial charge in [-0.1, -0.05) is 36.0 Å². The fourth-order valence-electron chi connectivity index (χ4n) is 3.04. The van der Waals surface area contributed by atoms with Crippen molar-refractivity contribution in [1.82, 2.24) is 14.8 Å². The molecule has 31 heavy (non-hydrogen) atoms. The second-order valence-corrected chi connectivity index (χ2v) is 7.79. The molecule has 0 saturated heterocycles. The summed E-state index contributed by atoms with van der Waals surface area (Å²) in [6.07, 6.45) is 2.16. The van der Waals surface area contributed by atoms with Crippen molar-refractivity contribution in [1.29, 1.82) is 0 Å². The molecule has 4 rings (SSSR count). The Labute approximate surface area is 184 Å². The summed E-state index contributed by atoms with van der Waals surface area (Å²) in [6, 6.07) is 15.3. The summed E-state index contributed by atoms with van der Waals surface area (Å²) < 4.78 is 12.6. The Kier molecular flexibility index (Phi) is 6.73. The molecule has 2 N–H and O–H groups in total.